The van der Waals surface area contributed by atoms with Crippen LogP contribution in [0.25, 0.3) is 0 Å². The Morgan fingerprint density at radius 3 is 2.60 bits per heavy atom. The molecule has 0 saturated carbocycles. The average molecular weight is 269 g/mol. The van der Waals surface area contributed by atoms with Gasteiger partial charge in [-0.25, -0.2) is 0 Å². The summed E-state index contributed by atoms with van der Waals surface area (Å²) in [5, 5.41) is 0. The van der Waals surface area contributed by atoms with E-state index in [0.29, 0.717) is 19.5 Å². The zero-order valence-electron chi connectivity index (χ0n) is 11.0. The summed E-state index contributed by atoms with van der Waals surface area (Å²) in [6.45, 7) is 1.27. The Morgan fingerprint density at radius 1 is 1.20 bits per heavy atom. The molecule has 2 aromatic heterocycles. The van der Waals surface area contributed by atoms with Crippen LogP contribution < -0.4 is 4.74 Å². The lowest BCUT2D eigenvalue weighted by Gasteiger charge is -2.39. The number of carbonyl (C=O) groups is 1. The quantitative estimate of drug-likeness (QED) is 0.839. The minimum Gasteiger partial charge on any atom is -0.485 e. The van der Waals surface area contributed by atoms with E-state index in [1.54, 1.807) is 29.7 Å². The summed E-state index contributed by atoms with van der Waals surface area (Å²) in [6, 6.07) is 7.45. The first-order valence-corrected chi connectivity index (χ1v) is 6.54. The molecule has 20 heavy (non-hydrogen) atoms. The van der Waals surface area contributed by atoms with Crippen LogP contribution in [0.3, 0.4) is 0 Å². The number of carbonyl (C=O) groups excluding carboxylic acids is 1. The first kappa shape index (κ1) is 12.6. The van der Waals surface area contributed by atoms with Crippen molar-refractivity contribution in [2.24, 2.45) is 0 Å². The molecular weight excluding hydrogens is 254 g/mol. The summed E-state index contributed by atoms with van der Waals surface area (Å²) < 4.78 is 5.71. The third kappa shape index (κ3) is 2.93. The number of nitrogens with zero attached hydrogens (tertiary/aromatic N) is 3. The van der Waals surface area contributed by atoms with E-state index in [1.807, 2.05) is 24.3 Å². The largest absolute Gasteiger partial charge is 0.485 e. The molecular formula is C15H15N3O2. The lowest BCUT2D eigenvalue weighted by molar-refractivity contribution is -0.139. The van der Waals surface area contributed by atoms with E-state index in [1.165, 1.54) is 0 Å². The topological polar surface area (TPSA) is 55.3 Å². The van der Waals surface area contributed by atoms with Gasteiger partial charge in [-0.15, -0.1) is 0 Å². The third-order valence-electron chi connectivity index (χ3n) is 3.22. The Morgan fingerprint density at radius 2 is 1.95 bits per heavy atom. The lowest BCUT2D eigenvalue weighted by atomic mass is 10.1. The van der Waals surface area contributed by atoms with Gasteiger partial charge in [-0.05, 0) is 23.8 Å². The van der Waals surface area contributed by atoms with Crippen molar-refractivity contribution in [2.75, 3.05) is 13.1 Å². The van der Waals surface area contributed by atoms with E-state index in [9.17, 15) is 4.79 Å². The predicted octanol–water partition coefficient (Wildman–Crippen LogP) is 1.31. The van der Waals surface area contributed by atoms with Gasteiger partial charge >= 0.3 is 0 Å². The van der Waals surface area contributed by atoms with E-state index < -0.39 is 0 Å². The SMILES string of the molecule is O=C(Cc1cccnc1)N1CC(Oc2cccnc2)C1. The molecule has 0 bridgehead atoms. The summed E-state index contributed by atoms with van der Waals surface area (Å²) in [5.41, 5.74) is 0.939. The highest BCUT2D eigenvalue weighted by Gasteiger charge is 2.32. The van der Waals surface area contributed by atoms with E-state index >= 15 is 0 Å². The maximum atomic E-state index is 12.0. The van der Waals surface area contributed by atoms with Crippen LogP contribution >= 0.6 is 0 Å². The highest BCUT2D eigenvalue weighted by molar-refractivity contribution is 5.79. The smallest absolute Gasteiger partial charge is 0.227 e. The summed E-state index contributed by atoms with van der Waals surface area (Å²) >= 11 is 0. The second kappa shape index (κ2) is 5.69. The van der Waals surface area contributed by atoms with E-state index in [4.69, 9.17) is 4.74 Å². The van der Waals surface area contributed by atoms with E-state index in [-0.39, 0.29) is 12.0 Å². The number of hydrogen-bond donors (Lipinski definition) is 0. The number of rotatable bonds is 4. The molecule has 0 radical (unpaired) electrons. The normalized spacial score (nSPS) is 14.7. The Kier molecular flexibility index (Phi) is 3.58. The van der Waals surface area contributed by atoms with Gasteiger partial charge in [0.1, 0.15) is 11.9 Å². The fraction of sp³-hybridized carbons (Fsp3) is 0.267. The molecule has 5 heteroatoms. The van der Waals surface area contributed by atoms with E-state index in [0.717, 1.165) is 11.3 Å². The zero-order valence-corrected chi connectivity index (χ0v) is 11.0. The molecule has 1 fully saturated rings. The highest BCUT2D eigenvalue weighted by atomic mass is 16.5. The Bertz CT molecular complexity index is 568. The monoisotopic (exact) mass is 269 g/mol. The van der Waals surface area contributed by atoms with Crippen LogP contribution in [0, 0.1) is 0 Å². The fourth-order valence-electron chi connectivity index (χ4n) is 2.11. The Labute approximate surface area is 117 Å². The minimum absolute atomic E-state index is 0.0667. The van der Waals surface area contributed by atoms with Crippen LogP contribution in [0.4, 0.5) is 0 Å². The number of ether oxygens (including phenoxy) is 1. The molecule has 0 aromatic carbocycles. The second-order valence-electron chi connectivity index (χ2n) is 4.77. The van der Waals surface area contributed by atoms with Gasteiger partial charge in [0.15, 0.2) is 0 Å². The van der Waals surface area contributed by atoms with Crippen molar-refractivity contribution in [1.29, 1.82) is 0 Å². The minimum atomic E-state index is 0.0667. The van der Waals surface area contributed by atoms with Crippen molar-refractivity contribution >= 4 is 5.91 Å². The van der Waals surface area contributed by atoms with Crippen LogP contribution in [0.1, 0.15) is 5.56 Å². The van der Waals surface area contributed by atoms with Gasteiger partial charge in [0.2, 0.25) is 5.91 Å². The number of aromatic nitrogens is 2. The molecule has 0 unspecified atom stereocenters. The van der Waals surface area contributed by atoms with Gasteiger partial charge in [-0.2, -0.15) is 0 Å². The lowest BCUT2D eigenvalue weighted by Crippen LogP contribution is -2.56. The third-order valence-corrected chi connectivity index (χ3v) is 3.22. The number of likely N-dealkylation sites (tertiary alicyclic amines) is 1. The van der Waals surface area contributed by atoms with Gasteiger partial charge in [-0.1, -0.05) is 6.07 Å². The summed E-state index contributed by atoms with van der Waals surface area (Å²) in [6.07, 6.45) is 7.28. The number of hydrogen-bond acceptors (Lipinski definition) is 4. The van der Waals surface area contributed by atoms with Crippen molar-refractivity contribution in [3.63, 3.8) is 0 Å². The van der Waals surface area contributed by atoms with Gasteiger partial charge in [0, 0.05) is 18.6 Å². The standard InChI is InChI=1S/C15H15N3O2/c19-15(7-12-3-1-5-16-8-12)18-10-14(11-18)20-13-4-2-6-17-9-13/h1-6,8-9,14H,7,10-11H2. The first-order chi connectivity index (χ1) is 9.81. The molecule has 1 saturated heterocycles. The summed E-state index contributed by atoms with van der Waals surface area (Å²) in [4.78, 5) is 21.8. The summed E-state index contributed by atoms with van der Waals surface area (Å²) in [5.74, 6) is 0.862. The molecule has 3 rings (SSSR count). The van der Waals surface area contributed by atoms with Crippen LogP contribution in [0.5, 0.6) is 5.75 Å². The molecule has 0 atom stereocenters. The molecule has 1 amide bonds. The van der Waals surface area contributed by atoms with Crippen molar-refractivity contribution < 1.29 is 9.53 Å². The molecule has 1 aliphatic rings. The zero-order chi connectivity index (χ0) is 13.8. The Balaban J connectivity index is 1.47. The van der Waals surface area contributed by atoms with Crippen molar-refractivity contribution in [3.05, 3.63) is 54.6 Å². The van der Waals surface area contributed by atoms with Gasteiger partial charge in [0.25, 0.3) is 0 Å². The molecule has 0 spiro atoms. The first-order valence-electron chi connectivity index (χ1n) is 6.54. The van der Waals surface area contributed by atoms with Crippen molar-refractivity contribution in [1.82, 2.24) is 14.9 Å². The second-order valence-corrected chi connectivity index (χ2v) is 4.77. The van der Waals surface area contributed by atoms with Gasteiger partial charge < -0.3 is 9.64 Å². The highest BCUT2D eigenvalue weighted by Crippen LogP contribution is 2.17. The van der Waals surface area contributed by atoms with Crippen LogP contribution in [0.15, 0.2) is 49.1 Å². The maximum Gasteiger partial charge on any atom is 0.227 e. The molecule has 5 nitrogen and oxygen atoms in total. The predicted molar refractivity (Wildman–Crippen MR) is 73.2 cm³/mol. The van der Waals surface area contributed by atoms with Crippen LogP contribution in [0.2, 0.25) is 0 Å². The number of amides is 1. The molecule has 2 aromatic rings. The van der Waals surface area contributed by atoms with Crippen LogP contribution in [-0.4, -0.2) is 40.0 Å². The molecule has 1 aliphatic heterocycles. The fourth-order valence-corrected chi connectivity index (χ4v) is 2.11. The van der Waals surface area contributed by atoms with Crippen molar-refractivity contribution in [3.8, 4) is 5.75 Å². The molecule has 0 N–H and O–H groups in total. The van der Waals surface area contributed by atoms with Gasteiger partial charge in [-0.3, -0.25) is 14.8 Å². The molecule has 102 valence electrons. The average Bonchev–Trinajstić information content (AvgIpc) is 2.44. The van der Waals surface area contributed by atoms with Crippen molar-refractivity contribution in [2.45, 2.75) is 12.5 Å². The van der Waals surface area contributed by atoms with Crippen LogP contribution in [-0.2, 0) is 11.2 Å². The van der Waals surface area contributed by atoms with Gasteiger partial charge in [0.05, 0.1) is 25.7 Å². The maximum absolute atomic E-state index is 12.0. The Hall–Kier alpha value is -2.43. The number of pyridine rings is 2. The van der Waals surface area contributed by atoms with E-state index in [2.05, 4.69) is 9.97 Å². The molecule has 0 aliphatic carbocycles. The molecule has 3 heterocycles. The summed E-state index contributed by atoms with van der Waals surface area (Å²) in [7, 11) is 0.